The van der Waals surface area contributed by atoms with Crippen LogP contribution in [0.5, 0.6) is 0 Å². The Labute approximate surface area is 351 Å². The first-order valence-electron chi connectivity index (χ1n) is 21.2. The number of amides is 6. The molecule has 0 bridgehead atoms. The highest BCUT2D eigenvalue weighted by Crippen LogP contribution is 2.38. The Kier molecular flexibility index (Phi) is 11.1. The quantitative estimate of drug-likeness (QED) is 0.112. The van der Waals surface area contributed by atoms with Crippen LogP contribution >= 0.6 is 0 Å². The van der Waals surface area contributed by atoms with Crippen molar-refractivity contribution in [3.8, 4) is 11.5 Å². The zero-order chi connectivity index (χ0) is 42.0. The van der Waals surface area contributed by atoms with Crippen molar-refractivity contribution in [3.63, 3.8) is 0 Å². The van der Waals surface area contributed by atoms with Gasteiger partial charge in [-0.15, -0.1) is 0 Å². The van der Waals surface area contributed by atoms with Gasteiger partial charge in [-0.1, -0.05) is 24.4 Å². The van der Waals surface area contributed by atoms with Crippen LogP contribution in [0.1, 0.15) is 103 Å². The number of benzene rings is 1. The number of anilines is 3. The monoisotopic (exact) mass is 828 g/mol. The molecule has 61 heavy (non-hydrogen) atoms. The molecular formula is C43H48N12O6. The minimum atomic E-state index is -0.642. The Balaban J connectivity index is 0.701. The Morgan fingerprint density at radius 1 is 0.934 bits per heavy atom. The van der Waals surface area contributed by atoms with E-state index in [0.717, 1.165) is 67.5 Å². The summed E-state index contributed by atoms with van der Waals surface area (Å²) in [5, 5.41) is 12.4. The molecule has 7 heterocycles. The van der Waals surface area contributed by atoms with Crippen molar-refractivity contribution in [3.05, 3.63) is 77.3 Å². The largest absolute Gasteiger partial charge is 0.368 e. The van der Waals surface area contributed by atoms with Crippen molar-refractivity contribution in [2.75, 3.05) is 41.7 Å². The lowest BCUT2D eigenvalue weighted by atomic mass is 10.0. The third-order valence-electron chi connectivity index (χ3n) is 12.3. The fourth-order valence-corrected chi connectivity index (χ4v) is 9.08. The summed E-state index contributed by atoms with van der Waals surface area (Å²) in [6.07, 6.45) is 15.2. The van der Waals surface area contributed by atoms with Gasteiger partial charge in [0, 0.05) is 81.5 Å². The van der Waals surface area contributed by atoms with Gasteiger partial charge in [0.1, 0.15) is 11.7 Å². The summed E-state index contributed by atoms with van der Waals surface area (Å²) in [5.41, 5.74) is 5.99. The summed E-state index contributed by atoms with van der Waals surface area (Å²) >= 11 is 0. The normalized spacial score (nSPS) is 18.2. The molecule has 4 aliphatic rings. The lowest BCUT2D eigenvalue weighted by Crippen LogP contribution is -2.52. The van der Waals surface area contributed by atoms with Crippen LogP contribution in [-0.4, -0.2) is 101 Å². The van der Waals surface area contributed by atoms with E-state index < -0.39 is 18.0 Å². The van der Waals surface area contributed by atoms with E-state index in [1.165, 1.54) is 0 Å². The molecule has 1 atom stereocenters. The van der Waals surface area contributed by atoms with Crippen molar-refractivity contribution in [2.45, 2.75) is 96.1 Å². The van der Waals surface area contributed by atoms with Gasteiger partial charge in [-0.05, 0) is 74.4 Å². The van der Waals surface area contributed by atoms with Gasteiger partial charge in [0.05, 0.1) is 29.5 Å². The van der Waals surface area contributed by atoms with Gasteiger partial charge in [0.15, 0.2) is 0 Å². The lowest BCUT2D eigenvalue weighted by molar-refractivity contribution is -0.137. The van der Waals surface area contributed by atoms with Crippen LogP contribution < -0.4 is 20.9 Å². The van der Waals surface area contributed by atoms with E-state index in [1.807, 2.05) is 46.7 Å². The van der Waals surface area contributed by atoms with Crippen LogP contribution in [0.4, 0.5) is 21.9 Å². The summed E-state index contributed by atoms with van der Waals surface area (Å²) in [6, 6.07) is 6.54. The van der Waals surface area contributed by atoms with Crippen molar-refractivity contribution < 1.29 is 28.5 Å². The number of urea groups is 1. The Morgan fingerprint density at radius 3 is 2.57 bits per heavy atom. The number of nitrogens with one attached hydrogen (secondary N) is 3. The molecule has 5 aromatic rings. The van der Waals surface area contributed by atoms with E-state index in [0.29, 0.717) is 98.0 Å². The molecule has 9 rings (SSSR count). The van der Waals surface area contributed by atoms with E-state index >= 15 is 0 Å². The zero-order valence-electron chi connectivity index (χ0n) is 34.1. The molecule has 0 spiro atoms. The summed E-state index contributed by atoms with van der Waals surface area (Å²) in [5.74, 6) is 1.04. The van der Waals surface area contributed by atoms with E-state index in [1.54, 1.807) is 23.5 Å². The minimum Gasteiger partial charge on any atom is -0.368 e. The number of nitrogens with zero attached hydrogens (tertiary/aromatic N) is 9. The fraction of sp³-hybridized carbons (Fsp3) is 0.442. The maximum atomic E-state index is 13.1. The number of aryl methyl sites for hydroxylation is 2. The number of rotatable bonds is 12. The van der Waals surface area contributed by atoms with Crippen LogP contribution in [0.3, 0.4) is 0 Å². The number of hydrogen-bond donors (Lipinski definition) is 3. The van der Waals surface area contributed by atoms with Crippen molar-refractivity contribution in [1.82, 2.24) is 44.6 Å². The number of carbonyl (C=O) groups excluding carboxylic acids is 5. The first-order chi connectivity index (χ1) is 29.7. The van der Waals surface area contributed by atoms with Crippen LogP contribution in [0.15, 0.2) is 53.6 Å². The maximum Gasteiger partial charge on any atom is 0.323 e. The summed E-state index contributed by atoms with van der Waals surface area (Å²) in [4.78, 5) is 86.8. The van der Waals surface area contributed by atoms with Gasteiger partial charge >= 0.3 is 6.03 Å². The Hall–Kier alpha value is -6.72. The van der Waals surface area contributed by atoms with Gasteiger partial charge in [0.2, 0.25) is 35.2 Å². The second kappa shape index (κ2) is 17.1. The third kappa shape index (κ3) is 8.38. The van der Waals surface area contributed by atoms with E-state index in [9.17, 15) is 24.0 Å². The third-order valence-corrected chi connectivity index (χ3v) is 12.3. The maximum absolute atomic E-state index is 13.1. The highest BCUT2D eigenvalue weighted by Gasteiger charge is 2.39. The van der Waals surface area contributed by atoms with Crippen molar-refractivity contribution >= 4 is 52.5 Å². The first-order valence-corrected chi connectivity index (χ1v) is 21.2. The Morgan fingerprint density at radius 2 is 1.77 bits per heavy atom. The van der Waals surface area contributed by atoms with Gasteiger partial charge in [-0.2, -0.15) is 4.98 Å². The predicted molar refractivity (Wildman–Crippen MR) is 223 cm³/mol. The molecule has 3 fully saturated rings. The summed E-state index contributed by atoms with van der Waals surface area (Å²) in [6.45, 7) is 4.80. The van der Waals surface area contributed by atoms with E-state index in [2.05, 4.69) is 45.9 Å². The van der Waals surface area contributed by atoms with Crippen molar-refractivity contribution in [2.24, 2.45) is 0 Å². The molecular weight excluding hydrogens is 781 g/mol. The number of piperidine rings is 1. The van der Waals surface area contributed by atoms with Crippen LogP contribution in [-0.2, 0) is 27.3 Å². The van der Waals surface area contributed by atoms with Gasteiger partial charge in [0.25, 0.3) is 5.91 Å². The highest BCUT2D eigenvalue weighted by molar-refractivity contribution is 6.05. The topological polar surface area (TPSA) is 213 Å². The second-order valence-corrected chi connectivity index (χ2v) is 16.3. The molecule has 3 aliphatic heterocycles. The number of carbonyl (C=O) groups is 5. The number of imidazole rings is 1. The number of aromatic nitrogens is 6. The average molecular weight is 829 g/mol. The first kappa shape index (κ1) is 39.7. The number of hydrogen-bond acceptors (Lipinski definition) is 12. The second-order valence-electron chi connectivity index (χ2n) is 16.3. The minimum absolute atomic E-state index is 0.137. The van der Waals surface area contributed by atoms with Crippen LogP contribution in [0.2, 0.25) is 0 Å². The molecule has 4 aromatic heterocycles. The lowest BCUT2D eigenvalue weighted by Gasteiger charge is -2.36. The summed E-state index contributed by atoms with van der Waals surface area (Å²) in [7, 11) is 0. The molecule has 1 unspecified atom stereocenters. The molecule has 1 saturated carbocycles. The Bertz CT molecular complexity index is 2500. The number of fused-ring (bicyclic) bond motifs is 2. The molecule has 3 N–H and O–H groups in total. The van der Waals surface area contributed by atoms with Crippen LogP contribution in [0, 0.1) is 6.92 Å². The molecule has 1 aliphatic carbocycles. The molecule has 18 heteroatoms. The average Bonchev–Trinajstić information content (AvgIpc) is 4.10. The molecule has 316 valence electrons. The number of pyridine rings is 1. The van der Waals surface area contributed by atoms with Crippen LogP contribution in [0.25, 0.3) is 17.3 Å². The highest BCUT2D eigenvalue weighted by atomic mass is 16.5. The number of unbranched alkanes of at least 4 members (excludes halogenated alkanes) is 2. The molecule has 0 radical (unpaired) electrons. The summed E-state index contributed by atoms with van der Waals surface area (Å²) < 4.78 is 7.50. The number of piperazine rings is 1. The van der Waals surface area contributed by atoms with Gasteiger partial charge in [-0.25, -0.2) is 14.8 Å². The molecule has 6 amide bonds. The van der Waals surface area contributed by atoms with Crippen molar-refractivity contribution in [1.29, 1.82) is 0 Å². The fourth-order valence-electron chi connectivity index (χ4n) is 9.08. The smallest absolute Gasteiger partial charge is 0.323 e. The van der Waals surface area contributed by atoms with Gasteiger partial charge in [-0.3, -0.25) is 33.9 Å². The predicted octanol–water partition coefficient (Wildman–Crippen LogP) is 5.00. The van der Waals surface area contributed by atoms with E-state index in [4.69, 9.17) is 4.52 Å². The molecule has 2 saturated heterocycles. The number of imide groups is 1. The SMILES string of the molecule is Cc1cc(NC(=O)Nc2cnc3nccn3c2C2CCCC2)cnc1-c1noc(CCCCCC(=O)N2CCN(c3ccc4c(c3)CN(C3CCC(=O)NC3=O)C4=O)CC2)n1. The standard InChI is InChI=1S/C43H48N12O6/c1-26-21-29(47-43(60)48-32-24-46-42-44-15-16-54(42)38(32)27-7-5-6-8-27)23-45-37(26)39-50-35(61-51-39)9-3-2-4-10-36(57)53-19-17-52(18-20-53)30-11-12-31-28(22-30)25-55(41(31)59)33-13-14-34(56)49-40(33)58/h11-12,15-16,21-24,27,33H,2-10,13-14,17-20,25H2,1H3,(H2,47,48,60)(H,49,56,58). The van der Waals surface area contributed by atoms with E-state index in [-0.39, 0.29) is 24.1 Å². The molecule has 1 aromatic carbocycles. The zero-order valence-corrected chi connectivity index (χ0v) is 34.1. The molecule has 18 nitrogen and oxygen atoms in total. The van der Waals surface area contributed by atoms with Gasteiger partial charge < -0.3 is 29.9 Å².